The summed E-state index contributed by atoms with van der Waals surface area (Å²) in [5.41, 5.74) is 3.21. The van der Waals surface area contributed by atoms with Gasteiger partial charge in [-0.15, -0.1) is 17.3 Å². The molecule has 0 radical (unpaired) electrons. The van der Waals surface area contributed by atoms with Crippen LogP contribution in [0.15, 0.2) is 17.1 Å². The third-order valence-corrected chi connectivity index (χ3v) is 3.76. The standard InChI is InChI=1S/C12H22ClO2P/c1-4-7-9-12(10-8-11-13)16(14-5-2)15-6-3/h8H,4-7,9,11H2,1-3H3. The van der Waals surface area contributed by atoms with Gasteiger partial charge in [0.1, 0.15) is 0 Å². The van der Waals surface area contributed by atoms with E-state index in [0.717, 1.165) is 24.6 Å². The lowest BCUT2D eigenvalue weighted by molar-refractivity contribution is 0.273. The zero-order chi connectivity index (χ0) is 12.2. The predicted octanol–water partition coefficient (Wildman–Crippen LogP) is 4.84. The van der Waals surface area contributed by atoms with Gasteiger partial charge in [0.25, 0.3) is 0 Å². The van der Waals surface area contributed by atoms with Crippen LogP contribution >= 0.6 is 20.0 Å². The number of alkyl halides is 1. The molecule has 0 saturated heterocycles. The van der Waals surface area contributed by atoms with E-state index in [4.69, 9.17) is 20.6 Å². The zero-order valence-corrected chi connectivity index (χ0v) is 12.1. The van der Waals surface area contributed by atoms with Crippen LogP contribution in [0.4, 0.5) is 0 Å². The number of rotatable bonds is 9. The van der Waals surface area contributed by atoms with Crippen molar-refractivity contribution in [2.75, 3.05) is 19.1 Å². The van der Waals surface area contributed by atoms with Gasteiger partial charge in [-0.3, -0.25) is 0 Å². The fourth-order valence-electron chi connectivity index (χ4n) is 1.14. The Morgan fingerprint density at radius 3 is 2.31 bits per heavy atom. The van der Waals surface area contributed by atoms with E-state index in [1.54, 1.807) is 0 Å². The summed E-state index contributed by atoms with van der Waals surface area (Å²) in [5, 5.41) is 1.13. The van der Waals surface area contributed by atoms with Gasteiger partial charge in [0.15, 0.2) is 0 Å². The molecule has 0 heterocycles. The minimum atomic E-state index is -0.932. The fourth-order valence-corrected chi connectivity index (χ4v) is 2.61. The molecule has 0 aromatic rings. The largest absolute Gasteiger partial charge is 0.331 e. The Morgan fingerprint density at radius 2 is 1.88 bits per heavy atom. The van der Waals surface area contributed by atoms with E-state index in [1.165, 1.54) is 0 Å². The second-order valence-electron chi connectivity index (χ2n) is 3.15. The Bertz CT molecular complexity index is 219. The molecule has 0 fully saturated rings. The quantitative estimate of drug-likeness (QED) is 0.337. The van der Waals surface area contributed by atoms with Crippen LogP contribution in [0.1, 0.15) is 40.0 Å². The van der Waals surface area contributed by atoms with Crippen molar-refractivity contribution in [3.63, 3.8) is 0 Å². The van der Waals surface area contributed by atoms with Crippen molar-refractivity contribution in [2.45, 2.75) is 40.0 Å². The molecule has 0 rings (SSSR count). The van der Waals surface area contributed by atoms with Gasteiger partial charge in [-0.05, 0) is 32.8 Å². The van der Waals surface area contributed by atoms with Crippen LogP contribution in [-0.2, 0) is 9.05 Å². The van der Waals surface area contributed by atoms with Crippen LogP contribution in [-0.4, -0.2) is 19.1 Å². The molecule has 4 heteroatoms. The van der Waals surface area contributed by atoms with E-state index < -0.39 is 8.38 Å². The average molecular weight is 265 g/mol. The minimum Gasteiger partial charge on any atom is -0.331 e. The van der Waals surface area contributed by atoms with E-state index in [-0.39, 0.29) is 0 Å². The van der Waals surface area contributed by atoms with Gasteiger partial charge in [-0.1, -0.05) is 13.3 Å². The van der Waals surface area contributed by atoms with Crippen LogP contribution in [0.25, 0.3) is 0 Å². The lowest BCUT2D eigenvalue weighted by atomic mass is 10.2. The summed E-state index contributed by atoms with van der Waals surface area (Å²) in [6.07, 6.45) is 5.11. The molecule has 0 aromatic heterocycles. The van der Waals surface area contributed by atoms with Crippen molar-refractivity contribution >= 4 is 20.0 Å². The molecule has 0 aliphatic rings. The molecular weight excluding hydrogens is 243 g/mol. The maximum Gasteiger partial charge on any atom is 0.209 e. The maximum atomic E-state index is 5.63. The fraction of sp³-hybridized carbons (Fsp3) is 0.750. The Balaban J connectivity index is 4.59. The third-order valence-electron chi connectivity index (χ3n) is 1.83. The highest BCUT2D eigenvalue weighted by Crippen LogP contribution is 2.48. The first kappa shape index (κ1) is 16.2. The second kappa shape index (κ2) is 11.6. The van der Waals surface area contributed by atoms with Crippen LogP contribution in [0.3, 0.4) is 0 Å². The second-order valence-corrected chi connectivity index (χ2v) is 5.02. The van der Waals surface area contributed by atoms with Gasteiger partial charge in [0, 0.05) is 11.2 Å². The first-order valence-corrected chi connectivity index (χ1v) is 7.57. The van der Waals surface area contributed by atoms with Gasteiger partial charge in [-0.25, -0.2) is 0 Å². The number of hydrogen-bond donors (Lipinski definition) is 0. The smallest absolute Gasteiger partial charge is 0.209 e. The zero-order valence-electron chi connectivity index (χ0n) is 10.5. The molecule has 94 valence electrons. The lowest BCUT2D eigenvalue weighted by Gasteiger charge is -2.17. The summed E-state index contributed by atoms with van der Waals surface area (Å²) < 4.78 is 11.2. The molecule has 0 unspecified atom stereocenters. The SMILES string of the molecule is CCCCC(=C=CCCl)P(OCC)OCC. The molecule has 0 saturated carbocycles. The molecule has 0 aromatic carbocycles. The van der Waals surface area contributed by atoms with Crippen molar-refractivity contribution in [3.8, 4) is 0 Å². The van der Waals surface area contributed by atoms with Crippen LogP contribution in [0.2, 0.25) is 0 Å². The van der Waals surface area contributed by atoms with Crippen molar-refractivity contribution in [1.29, 1.82) is 0 Å². The molecule has 0 N–H and O–H groups in total. The van der Waals surface area contributed by atoms with E-state index in [1.807, 2.05) is 19.9 Å². The average Bonchev–Trinajstić information content (AvgIpc) is 2.29. The summed E-state index contributed by atoms with van der Waals surface area (Å²) in [7, 11) is -0.932. The predicted molar refractivity (Wildman–Crippen MR) is 72.0 cm³/mol. The molecular formula is C12H22ClO2P. The first-order chi connectivity index (χ1) is 7.79. The van der Waals surface area contributed by atoms with Crippen molar-refractivity contribution in [2.24, 2.45) is 0 Å². The lowest BCUT2D eigenvalue weighted by Crippen LogP contribution is -1.93. The van der Waals surface area contributed by atoms with Gasteiger partial charge in [-0.2, -0.15) is 0 Å². The normalized spacial score (nSPS) is 10.3. The van der Waals surface area contributed by atoms with Gasteiger partial charge in [0.05, 0.1) is 13.2 Å². The van der Waals surface area contributed by atoms with Crippen molar-refractivity contribution in [1.82, 2.24) is 0 Å². The Kier molecular flexibility index (Phi) is 11.8. The molecule has 0 amide bonds. The molecule has 0 aliphatic heterocycles. The number of hydrogen-bond acceptors (Lipinski definition) is 2. The monoisotopic (exact) mass is 264 g/mol. The minimum absolute atomic E-state index is 0.483. The van der Waals surface area contributed by atoms with E-state index >= 15 is 0 Å². The summed E-state index contributed by atoms with van der Waals surface area (Å²) in [4.78, 5) is 0. The molecule has 0 spiro atoms. The third kappa shape index (κ3) is 7.44. The van der Waals surface area contributed by atoms with Crippen LogP contribution in [0, 0.1) is 0 Å². The van der Waals surface area contributed by atoms with Crippen molar-refractivity contribution < 1.29 is 9.05 Å². The molecule has 16 heavy (non-hydrogen) atoms. The summed E-state index contributed by atoms with van der Waals surface area (Å²) in [6, 6.07) is 0. The highest BCUT2D eigenvalue weighted by atomic mass is 35.5. The summed E-state index contributed by atoms with van der Waals surface area (Å²) in [5.74, 6) is 0.483. The van der Waals surface area contributed by atoms with E-state index in [2.05, 4.69) is 12.7 Å². The number of unbranched alkanes of at least 4 members (excludes halogenated alkanes) is 1. The highest BCUT2D eigenvalue weighted by Gasteiger charge is 2.14. The maximum absolute atomic E-state index is 5.63. The Labute approximate surface area is 106 Å². The van der Waals surface area contributed by atoms with Crippen molar-refractivity contribution in [3.05, 3.63) is 17.1 Å². The van der Waals surface area contributed by atoms with Gasteiger partial charge in [0.2, 0.25) is 8.38 Å². The molecule has 0 bridgehead atoms. The topological polar surface area (TPSA) is 18.5 Å². The first-order valence-electron chi connectivity index (χ1n) is 5.86. The Morgan fingerprint density at radius 1 is 1.25 bits per heavy atom. The van der Waals surface area contributed by atoms with Gasteiger partial charge < -0.3 is 9.05 Å². The molecule has 0 aliphatic carbocycles. The van der Waals surface area contributed by atoms with E-state index in [0.29, 0.717) is 19.1 Å². The van der Waals surface area contributed by atoms with Crippen LogP contribution < -0.4 is 0 Å². The van der Waals surface area contributed by atoms with Gasteiger partial charge >= 0.3 is 0 Å². The van der Waals surface area contributed by atoms with E-state index in [9.17, 15) is 0 Å². The number of halogens is 1. The summed E-state index contributed by atoms with van der Waals surface area (Å²) >= 11 is 5.63. The summed E-state index contributed by atoms with van der Waals surface area (Å²) in [6.45, 7) is 7.48. The Hall–Kier alpha value is 0.160. The molecule has 0 atom stereocenters. The molecule has 2 nitrogen and oxygen atoms in total. The highest BCUT2D eigenvalue weighted by molar-refractivity contribution is 7.52. The van der Waals surface area contributed by atoms with Crippen LogP contribution in [0.5, 0.6) is 0 Å². The number of allylic oxidation sites excluding steroid dienone is 1.